The smallest absolute Gasteiger partial charge is 0.328 e. The van der Waals surface area contributed by atoms with Gasteiger partial charge in [-0.15, -0.1) is 0 Å². The second kappa shape index (κ2) is 7.89. The van der Waals surface area contributed by atoms with Crippen molar-refractivity contribution >= 4 is 21.9 Å². The average molecular weight is 341 g/mol. The molecule has 0 radical (unpaired) electrons. The van der Waals surface area contributed by atoms with E-state index >= 15 is 0 Å². The van der Waals surface area contributed by atoms with E-state index in [1.165, 1.54) is 0 Å². The van der Waals surface area contributed by atoms with Crippen LogP contribution in [-0.4, -0.2) is 24.2 Å². The molecule has 0 aromatic heterocycles. The molecule has 6 nitrogen and oxygen atoms in total. The van der Waals surface area contributed by atoms with E-state index in [1.54, 1.807) is 12.1 Å². The third-order valence-electron chi connectivity index (χ3n) is 3.14. The van der Waals surface area contributed by atoms with Crippen molar-refractivity contribution < 1.29 is 9.90 Å². The number of nitrogens with zero attached hydrogens (tertiary/aromatic N) is 3. The summed E-state index contributed by atoms with van der Waals surface area (Å²) in [5.41, 5.74) is 7.78. The van der Waals surface area contributed by atoms with E-state index in [2.05, 4.69) is 31.3 Å². The van der Waals surface area contributed by atoms with E-state index < -0.39 is 11.5 Å². The molecule has 1 rings (SSSR count). The van der Waals surface area contributed by atoms with Crippen molar-refractivity contribution in [3.8, 4) is 0 Å². The van der Waals surface area contributed by atoms with Gasteiger partial charge in [-0.05, 0) is 42.6 Å². The Morgan fingerprint density at radius 2 is 2.35 bits per heavy atom. The lowest BCUT2D eigenvalue weighted by Crippen LogP contribution is -2.49. The highest BCUT2D eigenvalue weighted by Crippen LogP contribution is 2.27. The van der Waals surface area contributed by atoms with E-state index in [-0.39, 0.29) is 0 Å². The standard InChI is InChI=1S/C13H17BrN4O2/c1-2-13(12(19)20,16-7-4-8-17-18-15)10-5-3-6-11(14)9-10/h3,5-6,9,16H,2,4,7-8H2,1H3,(H,19,20). The first-order chi connectivity index (χ1) is 9.56. The van der Waals surface area contributed by atoms with Crippen LogP contribution >= 0.6 is 15.9 Å². The summed E-state index contributed by atoms with van der Waals surface area (Å²) in [4.78, 5) is 14.4. The Morgan fingerprint density at radius 1 is 1.60 bits per heavy atom. The van der Waals surface area contributed by atoms with E-state index in [0.717, 1.165) is 4.47 Å². The lowest BCUT2D eigenvalue weighted by atomic mass is 9.87. The molecule has 0 bridgehead atoms. The van der Waals surface area contributed by atoms with Crippen molar-refractivity contribution in [2.75, 3.05) is 13.1 Å². The van der Waals surface area contributed by atoms with Gasteiger partial charge in [-0.3, -0.25) is 5.32 Å². The lowest BCUT2D eigenvalue weighted by molar-refractivity contribution is -0.145. The Labute approximate surface area is 125 Å². The number of hydrogen-bond acceptors (Lipinski definition) is 3. The Hall–Kier alpha value is -1.56. The van der Waals surface area contributed by atoms with Crippen molar-refractivity contribution in [2.24, 2.45) is 5.11 Å². The molecule has 0 heterocycles. The molecular formula is C13H17BrN4O2. The first kappa shape index (κ1) is 16.5. The minimum absolute atomic E-state index is 0.349. The molecule has 0 saturated heterocycles. The van der Waals surface area contributed by atoms with Crippen molar-refractivity contribution in [1.82, 2.24) is 5.32 Å². The number of carboxylic acids is 1. The number of carboxylic acid groups (broad SMARTS) is 1. The molecule has 20 heavy (non-hydrogen) atoms. The molecule has 1 unspecified atom stereocenters. The predicted molar refractivity (Wildman–Crippen MR) is 80.4 cm³/mol. The summed E-state index contributed by atoms with van der Waals surface area (Å²) in [7, 11) is 0. The maximum atomic E-state index is 11.7. The number of azide groups is 1. The fourth-order valence-corrected chi connectivity index (χ4v) is 2.43. The minimum atomic E-state index is -1.12. The lowest BCUT2D eigenvalue weighted by Gasteiger charge is -2.30. The minimum Gasteiger partial charge on any atom is -0.480 e. The Bertz CT molecular complexity index is 517. The fourth-order valence-electron chi connectivity index (χ4n) is 2.03. The average Bonchev–Trinajstić information content (AvgIpc) is 2.43. The maximum absolute atomic E-state index is 11.7. The number of nitrogens with one attached hydrogen (secondary N) is 1. The highest BCUT2D eigenvalue weighted by Gasteiger charge is 2.38. The zero-order valence-electron chi connectivity index (χ0n) is 11.2. The van der Waals surface area contributed by atoms with Crippen molar-refractivity contribution in [1.29, 1.82) is 0 Å². The molecule has 0 spiro atoms. The van der Waals surface area contributed by atoms with Crippen LogP contribution in [0, 0.1) is 0 Å². The molecule has 2 N–H and O–H groups in total. The highest BCUT2D eigenvalue weighted by atomic mass is 79.9. The van der Waals surface area contributed by atoms with Crippen LogP contribution in [0.15, 0.2) is 33.9 Å². The monoisotopic (exact) mass is 340 g/mol. The number of hydrogen-bond donors (Lipinski definition) is 2. The Morgan fingerprint density at radius 3 is 2.90 bits per heavy atom. The second-order valence-electron chi connectivity index (χ2n) is 4.31. The van der Waals surface area contributed by atoms with Gasteiger partial charge in [0.25, 0.3) is 0 Å². The molecule has 1 aromatic carbocycles. The highest BCUT2D eigenvalue weighted by molar-refractivity contribution is 9.10. The van der Waals surface area contributed by atoms with Crippen LogP contribution in [0.4, 0.5) is 0 Å². The van der Waals surface area contributed by atoms with Crippen LogP contribution in [0.25, 0.3) is 10.4 Å². The molecule has 0 fully saturated rings. The summed E-state index contributed by atoms with van der Waals surface area (Å²) in [6, 6.07) is 7.27. The fraction of sp³-hybridized carbons (Fsp3) is 0.462. The normalized spacial score (nSPS) is 13.3. The number of aliphatic carboxylic acids is 1. The first-order valence-corrected chi connectivity index (χ1v) is 7.11. The van der Waals surface area contributed by atoms with Gasteiger partial charge in [-0.25, -0.2) is 4.79 Å². The van der Waals surface area contributed by atoms with Gasteiger partial charge in [0.15, 0.2) is 0 Å². The molecule has 0 amide bonds. The van der Waals surface area contributed by atoms with Crippen LogP contribution in [0.3, 0.4) is 0 Å². The number of carbonyl (C=O) groups is 1. The molecule has 7 heteroatoms. The van der Waals surface area contributed by atoms with E-state index in [9.17, 15) is 9.90 Å². The van der Waals surface area contributed by atoms with E-state index in [4.69, 9.17) is 5.53 Å². The quantitative estimate of drug-likeness (QED) is 0.328. The summed E-state index contributed by atoms with van der Waals surface area (Å²) in [6.45, 7) is 2.64. The number of rotatable bonds is 8. The molecule has 0 aliphatic rings. The van der Waals surface area contributed by atoms with Gasteiger partial charge in [0.1, 0.15) is 5.54 Å². The summed E-state index contributed by atoms with van der Waals surface area (Å²) in [5, 5.41) is 16.1. The van der Waals surface area contributed by atoms with Gasteiger partial charge in [-0.2, -0.15) is 0 Å². The first-order valence-electron chi connectivity index (χ1n) is 6.32. The van der Waals surface area contributed by atoms with Crippen LogP contribution in [0.1, 0.15) is 25.3 Å². The number of halogens is 1. The Kier molecular flexibility index (Phi) is 6.51. The molecule has 0 saturated carbocycles. The third-order valence-corrected chi connectivity index (χ3v) is 3.63. The van der Waals surface area contributed by atoms with Crippen molar-refractivity contribution in [2.45, 2.75) is 25.3 Å². The third kappa shape index (κ3) is 3.96. The molecule has 108 valence electrons. The van der Waals surface area contributed by atoms with Crippen LogP contribution in [0.2, 0.25) is 0 Å². The largest absolute Gasteiger partial charge is 0.480 e. The summed E-state index contributed by atoms with van der Waals surface area (Å²) in [6.07, 6.45) is 1.01. The number of benzene rings is 1. The molecular weight excluding hydrogens is 324 g/mol. The van der Waals surface area contributed by atoms with Crippen LogP contribution in [0.5, 0.6) is 0 Å². The summed E-state index contributed by atoms with van der Waals surface area (Å²) in [5.74, 6) is -0.915. The topological polar surface area (TPSA) is 98.1 Å². The van der Waals surface area contributed by atoms with E-state index in [0.29, 0.717) is 31.5 Å². The zero-order valence-corrected chi connectivity index (χ0v) is 12.8. The van der Waals surface area contributed by atoms with Gasteiger partial charge in [0.05, 0.1) is 0 Å². The summed E-state index contributed by atoms with van der Waals surface area (Å²) < 4.78 is 0.838. The molecule has 0 aliphatic heterocycles. The molecule has 1 aromatic rings. The van der Waals surface area contributed by atoms with Gasteiger partial charge < -0.3 is 5.11 Å². The molecule has 0 aliphatic carbocycles. The van der Waals surface area contributed by atoms with Crippen LogP contribution < -0.4 is 5.32 Å². The van der Waals surface area contributed by atoms with Crippen molar-refractivity contribution in [3.05, 3.63) is 44.7 Å². The van der Waals surface area contributed by atoms with Gasteiger partial charge in [-0.1, -0.05) is 40.1 Å². The zero-order chi connectivity index (χ0) is 15.0. The van der Waals surface area contributed by atoms with Gasteiger partial charge >= 0.3 is 5.97 Å². The second-order valence-corrected chi connectivity index (χ2v) is 5.22. The van der Waals surface area contributed by atoms with Crippen molar-refractivity contribution in [3.63, 3.8) is 0 Å². The van der Waals surface area contributed by atoms with Crippen LogP contribution in [-0.2, 0) is 10.3 Å². The SMILES string of the molecule is CCC(NCCCN=[N+]=[N-])(C(=O)O)c1cccc(Br)c1. The van der Waals surface area contributed by atoms with Gasteiger partial charge in [0, 0.05) is 15.9 Å². The van der Waals surface area contributed by atoms with Gasteiger partial charge in [0.2, 0.25) is 0 Å². The summed E-state index contributed by atoms with van der Waals surface area (Å²) >= 11 is 3.36. The molecule has 1 atom stereocenters. The maximum Gasteiger partial charge on any atom is 0.328 e. The Balaban J connectivity index is 2.92. The predicted octanol–water partition coefficient (Wildman–Crippen LogP) is 3.43. The van der Waals surface area contributed by atoms with E-state index in [1.807, 2.05) is 19.1 Å².